The Morgan fingerprint density at radius 2 is 1.64 bits per heavy atom. The van der Waals surface area contributed by atoms with E-state index in [1.807, 2.05) is 36.4 Å². The van der Waals surface area contributed by atoms with Gasteiger partial charge in [-0.2, -0.15) is 0 Å². The van der Waals surface area contributed by atoms with Crippen molar-refractivity contribution in [2.45, 2.75) is 12.5 Å². The van der Waals surface area contributed by atoms with Crippen molar-refractivity contribution in [3.63, 3.8) is 0 Å². The lowest BCUT2D eigenvalue weighted by Gasteiger charge is -2.19. The molecule has 3 rings (SSSR count). The van der Waals surface area contributed by atoms with Gasteiger partial charge < -0.3 is 16.0 Å². The fraction of sp³-hybridized carbons (Fsp3) is 0.211. The average molecular weight is 337 g/mol. The molecular weight excluding hydrogens is 318 g/mol. The summed E-state index contributed by atoms with van der Waals surface area (Å²) in [6.45, 7) is 0.287. The number of anilines is 1. The second-order valence-corrected chi connectivity index (χ2v) is 6.00. The van der Waals surface area contributed by atoms with Crippen LogP contribution in [0.3, 0.4) is 0 Å². The molecule has 6 nitrogen and oxygen atoms in total. The number of nitrogens with two attached hydrogens (primary N) is 1. The molecule has 1 aliphatic rings. The van der Waals surface area contributed by atoms with Gasteiger partial charge in [-0.3, -0.25) is 14.4 Å². The number of hydrogen-bond donors (Lipinski definition) is 2. The first-order chi connectivity index (χ1) is 12.1. The van der Waals surface area contributed by atoms with Crippen molar-refractivity contribution in [1.82, 2.24) is 5.32 Å². The van der Waals surface area contributed by atoms with Crippen LogP contribution in [0.1, 0.15) is 18.0 Å². The topological polar surface area (TPSA) is 92.5 Å². The van der Waals surface area contributed by atoms with E-state index in [4.69, 9.17) is 5.73 Å². The molecule has 2 atom stereocenters. The summed E-state index contributed by atoms with van der Waals surface area (Å²) in [5.41, 5.74) is 6.81. The van der Waals surface area contributed by atoms with E-state index in [1.54, 1.807) is 29.2 Å². The number of amides is 3. The molecule has 128 valence electrons. The Kier molecular flexibility index (Phi) is 4.79. The Hall–Kier alpha value is -3.15. The summed E-state index contributed by atoms with van der Waals surface area (Å²) >= 11 is 0. The third-order valence-corrected chi connectivity index (χ3v) is 4.27. The maximum absolute atomic E-state index is 12.6. The Balaban J connectivity index is 1.71. The highest BCUT2D eigenvalue weighted by molar-refractivity contribution is 6.01. The van der Waals surface area contributed by atoms with Crippen LogP contribution in [0, 0.1) is 5.92 Å². The van der Waals surface area contributed by atoms with Crippen molar-refractivity contribution in [1.29, 1.82) is 0 Å². The SMILES string of the molecule is NC(=O)[C@@H](NC(=O)[C@H]1CC(=O)N(c2ccccc2)C1)c1ccccc1. The lowest BCUT2D eigenvalue weighted by Crippen LogP contribution is -2.41. The summed E-state index contributed by atoms with van der Waals surface area (Å²) in [6.07, 6.45) is 0.112. The molecule has 0 aliphatic carbocycles. The van der Waals surface area contributed by atoms with Gasteiger partial charge in [-0.1, -0.05) is 48.5 Å². The van der Waals surface area contributed by atoms with Gasteiger partial charge in [-0.25, -0.2) is 0 Å². The molecule has 3 N–H and O–H groups in total. The van der Waals surface area contributed by atoms with Gasteiger partial charge in [-0.15, -0.1) is 0 Å². The molecule has 1 heterocycles. The standard InChI is InChI=1S/C19H19N3O3/c20-18(24)17(13-7-3-1-4-8-13)21-19(25)14-11-16(23)22(12-14)15-9-5-2-6-10-15/h1-10,14,17H,11-12H2,(H2,20,24)(H,21,25)/t14-,17-/m0/s1. The van der Waals surface area contributed by atoms with Crippen molar-refractivity contribution in [2.75, 3.05) is 11.4 Å². The number of para-hydroxylation sites is 1. The first-order valence-electron chi connectivity index (χ1n) is 8.06. The number of nitrogens with zero attached hydrogens (tertiary/aromatic N) is 1. The summed E-state index contributed by atoms with van der Waals surface area (Å²) in [6, 6.07) is 17.1. The molecule has 0 bridgehead atoms. The van der Waals surface area contributed by atoms with Crippen molar-refractivity contribution in [2.24, 2.45) is 11.7 Å². The molecule has 1 fully saturated rings. The van der Waals surface area contributed by atoms with E-state index in [1.165, 1.54) is 0 Å². The smallest absolute Gasteiger partial charge is 0.244 e. The molecule has 1 aliphatic heterocycles. The van der Waals surface area contributed by atoms with Crippen LogP contribution in [0.15, 0.2) is 60.7 Å². The van der Waals surface area contributed by atoms with Gasteiger partial charge in [0.2, 0.25) is 17.7 Å². The van der Waals surface area contributed by atoms with E-state index in [0.29, 0.717) is 5.56 Å². The molecule has 25 heavy (non-hydrogen) atoms. The largest absolute Gasteiger partial charge is 0.368 e. The maximum atomic E-state index is 12.6. The molecule has 0 unspecified atom stereocenters. The summed E-state index contributed by atoms with van der Waals surface area (Å²) in [5, 5.41) is 2.67. The van der Waals surface area contributed by atoms with E-state index in [-0.39, 0.29) is 24.8 Å². The minimum absolute atomic E-state index is 0.110. The zero-order valence-electron chi connectivity index (χ0n) is 13.6. The zero-order valence-corrected chi connectivity index (χ0v) is 13.6. The van der Waals surface area contributed by atoms with E-state index < -0.39 is 17.9 Å². The first kappa shape index (κ1) is 16.7. The Labute approximate surface area is 145 Å². The summed E-state index contributed by atoms with van der Waals surface area (Å²) < 4.78 is 0. The zero-order chi connectivity index (χ0) is 17.8. The van der Waals surface area contributed by atoms with Crippen LogP contribution in [-0.2, 0) is 14.4 Å². The van der Waals surface area contributed by atoms with Crippen LogP contribution >= 0.6 is 0 Å². The van der Waals surface area contributed by atoms with Gasteiger partial charge in [0, 0.05) is 18.7 Å². The fourth-order valence-electron chi connectivity index (χ4n) is 2.97. The Morgan fingerprint density at radius 1 is 1.04 bits per heavy atom. The predicted octanol–water partition coefficient (Wildman–Crippen LogP) is 1.38. The molecular formula is C19H19N3O3. The lowest BCUT2D eigenvalue weighted by atomic mass is 10.0. The van der Waals surface area contributed by atoms with Crippen LogP contribution in [0.2, 0.25) is 0 Å². The molecule has 1 saturated heterocycles. The van der Waals surface area contributed by atoms with Gasteiger partial charge in [0.25, 0.3) is 0 Å². The van der Waals surface area contributed by atoms with Crippen LogP contribution in [0.5, 0.6) is 0 Å². The third-order valence-electron chi connectivity index (χ3n) is 4.27. The van der Waals surface area contributed by atoms with Gasteiger partial charge in [-0.05, 0) is 17.7 Å². The number of carbonyl (C=O) groups excluding carboxylic acids is 3. The third kappa shape index (κ3) is 3.68. The monoisotopic (exact) mass is 337 g/mol. The average Bonchev–Trinajstić information content (AvgIpc) is 3.02. The van der Waals surface area contributed by atoms with Crippen molar-refractivity contribution < 1.29 is 14.4 Å². The molecule has 0 aromatic heterocycles. The molecule has 2 aromatic carbocycles. The molecule has 0 saturated carbocycles. The van der Waals surface area contributed by atoms with Crippen molar-refractivity contribution in [3.8, 4) is 0 Å². The number of nitrogens with one attached hydrogen (secondary N) is 1. The second kappa shape index (κ2) is 7.17. The minimum Gasteiger partial charge on any atom is -0.368 e. The minimum atomic E-state index is -0.908. The van der Waals surface area contributed by atoms with Crippen LogP contribution in [0.25, 0.3) is 0 Å². The molecule has 0 radical (unpaired) electrons. The molecule has 6 heteroatoms. The predicted molar refractivity (Wildman–Crippen MR) is 93.4 cm³/mol. The molecule has 3 amide bonds. The van der Waals surface area contributed by atoms with Crippen molar-refractivity contribution in [3.05, 3.63) is 66.2 Å². The van der Waals surface area contributed by atoms with Crippen LogP contribution < -0.4 is 16.0 Å². The fourth-order valence-corrected chi connectivity index (χ4v) is 2.97. The van der Waals surface area contributed by atoms with Crippen molar-refractivity contribution >= 4 is 23.4 Å². The summed E-state index contributed by atoms with van der Waals surface area (Å²) in [5.74, 6) is -1.61. The van der Waals surface area contributed by atoms with Gasteiger partial charge in [0.15, 0.2) is 0 Å². The highest BCUT2D eigenvalue weighted by Gasteiger charge is 2.36. The van der Waals surface area contributed by atoms with E-state index in [0.717, 1.165) is 5.69 Å². The Morgan fingerprint density at radius 3 is 2.24 bits per heavy atom. The van der Waals surface area contributed by atoms with E-state index in [2.05, 4.69) is 5.32 Å². The lowest BCUT2D eigenvalue weighted by molar-refractivity contribution is -0.130. The number of hydrogen-bond acceptors (Lipinski definition) is 3. The highest BCUT2D eigenvalue weighted by atomic mass is 16.2. The molecule has 0 spiro atoms. The highest BCUT2D eigenvalue weighted by Crippen LogP contribution is 2.25. The number of primary amides is 1. The molecule has 2 aromatic rings. The van der Waals surface area contributed by atoms with Crippen LogP contribution in [0.4, 0.5) is 5.69 Å². The number of carbonyl (C=O) groups is 3. The second-order valence-electron chi connectivity index (χ2n) is 6.00. The first-order valence-corrected chi connectivity index (χ1v) is 8.06. The van der Waals surface area contributed by atoms with Crippen LogP contribution in [-0.4, -0.2) is 24.3 Å². The van der Waals surface area contributed by atoms with Gasteiger partial charge in [0.05, 0.1) is 5.92 Å². The van der Waals surface area contributed by atoms with Gasteiger partial charge >= 0.3 is 0 Å². The number of benzene rings is 2. The Bertz CT molecular complexity index is 777. The van der Waals surface area contributed by atoms with E-state index >= 15 is 0 Å². The quantitative estimate of drug-likeness (QED) is 0.863. The normalized spacial score (nSPS) is 18.0. The summed E-state index contributed by atoms with van der Waals surface area (Å²) in [4.78, 5) is 38.1. The number of rotatable bonds is 5. The summed E-state index contributed by atoms with van der Waals surface area (Å²) in [7, 11) is 0. The van der Waals surface area contributed by atoms with E-state index in [9.17, 15) is 14.4 Å². The maximum Gasteiger partial charge on any atom is 0.244 e. The van der Waals surface area contributed by atoms with Gasteiger partial charge in [0.1, 0.15) is 6.04 Å².